The zero-order valence-electron chi connectivity index (χ0n) is 55.7. The number of carbonyl (C=O) groups is 1. The Morgan fingerprint density at radius 2 is 0.784 bits per heavy atom. The molecule has 2 fully saturated rings. The normalized spacial score (nSPS) is 23.6. The Morgan fingerprint density at radius 3 is 1.20 bits per heavy atom. The van der Waals surface area contributed by atoms with Crippen LogP contribution in [0.4, 0.5) is 0 Å². The second-order valence-corrected chi connectivity index (χ2v) is 25.3. The van der Waals surface area contributed by atoms with Crippen LogP contribution in [0.2, 0.25) is 0 Å². The average molecular weight is 1240 g/mol. The van der Waals surface area contributed by atoms with E-state index in [1.54, 1.807) is 0 Å². The zero-order valence-corrected chi connectivity index (χ0v) is 55.7. The lowest BCUT2D eigenvalue weighted by Gasteiger charge is -2.46. The first kappa shape index (κ1) is 81.5. The number of unbranched alkanes of at least 4 members (excludes halogenated alkanes) is 34. The van der Waals surface area contributed by atoms with Crippen LogP contribution in [0, 0.1) is 0 Å². The van der Waals surface area contributed by atoms with Gasteiger partial charge in [-0.25, -0.2) is 0 Å². The highest BCUT2D eigenvalue weighted by Gasteiger charge is 2.51. The van der Waals surface area contributed by atoms with Gasteiger partial charge in [-0.1, -0.05) is 299 Å². The molecule has 0 aromatic carbocycles. The van der Waals surface area contributed by atoms with E-state index in [-0.39, 0.29) is 18.9 Å². The molecule has 2 saturated heterocycles. The fraction of sp³-hybridized carbons (Fsp3) is 0.824. The van der Waals surface area contributed by atoms with Gasteiger partial charge in [0.05, 0.1) is 32.0 Å². The molecular weight excluding hydrogens is 1110 g/mol. The number of hydrogen-bond donors (Lipinski definition) is 9. The summed E-state index contributed by atoms with van der Waals surface area (Å²) in [5.74, 6) is -0.230. The number of amides is 1. The standard InChI is InChI=1S/C74H133NO13/c1-3-5-7-9-11-13-15-17-19-21-23-25-27-28-29-30-31-32-33-34-36-37-39-41-43-45-47-49-51-53-55-57-63(78)62(61-85-73-71(84)69(82)72(65(60-77)87-73)88-74-70(83)68(81)67(80)64(59-76)86-74)75-66(79)58-56-54-52-50-48-46-44-42-40-38-35-26-24-22-20-18-16-14-12-10-8-6-4-2/h6,8,12,14,18,20,24,26,38,40,44,46,62-65,67-74,76-78,80-84H,3-5,7,9-11,13,15-17,19,21-23,25,27-37,39,41-43,45,47-61H2,1-2H3,(H,75,79)/b8-6-,14-12-,20-18-,26-24-,40-38-,46-44-. The molecule has 2 aliphatic rings. The summed E-state index contributed by atoms with van der Waals surface area (Å²) in [6.07, 6.45) is 62.1. The van der Waals surface area contributed by atoms with Crippen molar-refractivity contribution >= 4 is 5.91 Å². The summed E-state index contributed by atoms with van der Waals surface area (Å²) < 4.78 is 22.9. The van der Waals surface area contributed by atoms with Crippen molar-refractivity contribution in [1.82, 2.24) is 5.32 Å². The SMILES string of the molecule is CC/C=C\C/C=C\C/C=C\C/C=C\C/C=C\C/C=C\CCCCCCC(=O)NC(COC1OC(CO)C(OC2OC(CO)C(O)C(O)C2O)C(O)C1O)C(O)CCCCCCCCCCCCCCCCCCCCCCCCCCCCCCCCC. The monoisotopic (exact) mass is 1240 g/mol. The predicted octanol–water partition coefficient (Wildman–Crippen LogP) is 15.0. The lowest BCUT2D eigenvalue weighted by atomic mass is 9.97. The van der Waals surface area contributed by atoms with Gasteiger partial charge < -0.3 is 65.1 Å². The van der Waals surface area contributed by atoms with E-state index in [4.69, 9.17) is 18.9 Å². The first-order valence-electron chi connectivity index (χ1n) is 36.2. The Labute approximate surface area is 536 Å². The fourth-order valence-corrected chi connectivity index (χ4v) is 11.7. The second kappa shape index (κ2) is 58.3. The van der Waals surface area contributed by atoms with Crippen molar-refractivity contribution in [2.45, 2.75) is 370 Å². The third kappa shape index (κ3) is 41.8. The minimum Gasteiger partial charge on any atom is -0.394 e. The number of aliphatic hydroxyl groups is 8. The molecule has 14 heteroatoms. The van der Waals surface area contributed by atoms with E-state index >= 15 is 0 Å². The number of nitrogens with one attached hydrogen (secondary N) is 1. The summed E-state index contributed by atoms with van der Waals surface area (Å²) in [6.45, 7) is 2.76. The van der Waals surface area contributed by atoms with Crippen LogP contribution in [0.5, 0.6) is 0 Å². The van der Waals surface area contributed by atoms with Gasteiger partial charge in [0.1, 0.15) is 48.8 Å². The molecule has 9 N–H and O–H groups in total. The predicted molar refractivity (Wildman–Crippen MR) is 360 cm³/mol. The molecule has 88 heavy (non-hydrogen) atoms. The van der Waals surface area contributed by atoms with Crippen molar-refractivity contribution in [3.05, 3.63) is 72.9 Å². The molecule has 2 aliphatic heterocycles. The van der Waals surface area contributed by atoms with Gasteiger partial charge in [-0.2, -0.15) is 0 Å². The number of ether oxygens (including phenoxy) is 4. The van der Waals surface area contributed by atoms with Gasteiger partial charge in [0, 0.05) is 6.42 Å². The van der Waals surface area contributed by atoms with Gasteiger partial charge in [-0.05, 0) is 64.2 Å². The third-order valence-electron chi connectivity index (χ3n) is 17.4. The molecule has 0 aliphatic carbocycles. The molecule has 0 aromatic rings. The van der Waals surface area contributed by atoms with E-state index in [9.17, 15) is 45.6 Å². The minimum absolute atomic E-state index is 0.230. The fourth-order valence-electron chi connectivity index (χ4n) is 11.7. The van der Waals surface area contributed by atoms with E-state index in [1.165, 1.54) is 173 Å². The molecule has 14 nitrogen and oxygen atoms in total. The van der Waals surface area contributed by atoms with Crippen LogP contribution in [0.3, 0.4) is 0 Å². The molecule has 0 bridgehead atoms. The summed E-state index contributed by atoms with van der Waals surface area (Å²) in [4.78, 5) is 13.3. The number of carbonyl (C=O) groups excluding carboxylic acids is 1. The Hall–Kier alpha value is -2.57. The maximum Gasteiger partial charge on any atom is 0.220 e. The molecule has 12 atom stereocenters. The van der Waals surface area contributed by atoms with Crippen molar-refractivity contribution in [2.24, 2.45) is 0 Å². The highest BCUT2D eigenvalue weighted by molar-refractivity contribution is 5.76. The first-order chi connectivity index (χ1) is 43.1. The van der Waals surface area contributed by atoms with Crippen molar-refractivity contribution in [1.29, 1.82) is 0 Å². The molecule has 1 amide bonds. The smallest absolute Gasteiger partial charge is 0.220 e. The maximum absolute atomic E-state index is 13.3. The quantitative estimate of drug-likeness (QED) is 0.0204. The van der Waals surface area contributed by atoms with Crippen molar-refractivity contribution in [3.63, 3.8) is 0 Å². The van der Waals surface area contributed by atoms with Crippen molar-refractivity contribution in [2.75, 3.05) is 19.8 Å². The molecule has 512 valence electrons. The van der Waals surface area contributed by atoms with Crippen LogP contribution in [-0.4, -0.2) is 140 Å². The van der Waals surface area contributed by atoms with E-state index in [1.807, 2.05) is 0 Å². The zero-order chi connectivity index (χ0) is 63.8. The average Bonchev–Trinajstić information content (AvgIpc) is 1.78. The van der Waals surface area contributed by atoms with Crippen LogP contribution >= 0.6 is 0 Å². The van der Waals surface area contributed by atoms with Crippen molar-refractivity contribution < 1.29 is 64.6 Å². The van der Waals surface area contributed by atoms with Crippen LogP contribution < -0.4 is 5.32 Å². The molecule has 0 saturated carbocycles. The lowest BCUT2D eigenvalue weighted by Crippen LogP contribution is -2.65. The molecule has 0 radical (unpaired) electrons. The summed E-state index contributed by atoms with van der Waals surface area (Å²) in [7, 11) is 0. The Kier molecular flexibility index (Phi) is 54.0. The molecule has 2 rings (SSSR count). The third-order valence-corrected chi connectivity index (χ3v) is 17.4. The van der Waals surface area contributed by atoms with Crippen LogP contribution in [0.25, 0.3) is 0 Å². The van der Waals surface area contributed by atoms with Gasteiger partial charge in [-0.15, -0.1) is 0 Å². The highest BCUT2D eigenvalue weighted by atomic mass is 16.7. The minimum atomic E-state index is -1.79. The van der Waals surface area contributed by atoms with Crippen LogP contribution in [0.15, 0.2) is 72.9 Å². The van der Waals surface area contributed by atoms with Crippen LogP contribution in [-0.2, 0) is 23.7 Å². The van der Waals surface area contributed by atoms with Crippen LogP contribution in [0.1, 0.15) is 296 Å². The lowest BCUT2D eigenvalue weighted by molar-refractivity contribution is -0.359. The molecular formula is C74H133NO13. The van der Waals surface area contributed by atoms with Gasteiger partial charge in [0.2, 0.25) is 5.91 Å². The van der Waals surface area contributed by atoms with Gasteiger partial charge >= 0.3 is 0 Å². The Balaban J connectivity index is 1.66. The van der Waals surface area contributed by atoms with E-state index in [2.05, 4.69) is 92.1 Å². The second-order valence-electron chi connectivity index (χ2n) is 25.3. The van der Waals surface area contributed by atoms with E-state index in [0.717, 1.165) is 89.9 Å². The summed E-state index contributed by atoms with van der Waals surface area (Å²) >= 11 is 0. The summed E-state index contributed by atoms with van der Waals surface area (Å²) in [5.41, 5.74) is 0. The highest BCUT2D eigenvalue weighted by Crippen LogP contribution is 2.30. The molecule has 12 unspecified atom stereocenters. The van der Waals surface area contributed by atoms with Gasteiger partial charge in [0.25, 0.3) is 0 Å². The van der Waals surface area contributed by atoms with Gasteiger partial charge in [0.15, 0.2) is 12.6 Å². The number of hydrogen-bond acceptors (Lipinski definition) is 13. The number of aliphatic hydroxyl groups excluding tert-OH is 8. The molecule has 0 spiro atoms. The maximum atomic E-state index is 13.3. The first-order valence-corrected chi connectivity index (χ1v) is 36.2. The Bertz CT molecular complexity index is 1750. The van der Waals surface area contributed by atoms with E-state index in [0.29, 0.717) is 12.8 Å². The van der Waals surface area contributed by atoms with E-state index < -0.39 is 86.8 Å². The Morgan fingerprint density at radius 1 is 0.420 bits per heavy atom. The summed E-state index contributed by atoms with van der Waals surface area (Å²) in [5, 5.41) is 87.6. The largest absolute Gasteiger partial charge is 0.394 e. The van der Waals surface area contributed by atoms with Crippen molar-refractivity contribution in [3.8, 4) is 0 Å². The molecule has 2 heterocycles. The van der Waals surface area contributed by atoms with Gasteiger partial charge in [-0.3, -0.25) is 4.79 Å². The topological polar surface area (TPSA) is 228 Å². The summed E-state index contributed by atoms with van der Waals surface area (Å²) in [6, 6.07) is -0.849. The number of rotatable bonds is 59. The molecule has 0 aromatic heterocycles. The number of allylic oxidation sites excluding steroid dienone is 12.